The van der Waals surface area contributed by atoms with E-state index < -0.39 is 0 Å². The van der Waals surface area contributed by atoms with Crippen LogP contribution in [-0.4, -0.2) is 58.1 Å². The van der Waals surface area contributed by atoms with E-state index >= 15 is 0 Å². The Morgan fingerprint density at radius 1 is 0.720 bits per heavy atom. The maximum absolute atomic E-state index is 4.83. The summed E-state index contributed by atoms with van der Waals surface area (Å²) < 4.78 is 0. The van der Waals surface area contributed by atoms with Crippen LogP contribution in [0.2, 0.25) is 0 Å². The lowest BCUT2D eigenvalue weighted by molar-refractivity contribution is 0.311. The highest BCUT2D eigenvalue weighted by Gasteiger charge is 2.18. The first-order valence-electron chi connectivity index (χ1n) is 8.43. The molecular weight excluding hydrogens is 312 g/mol. The monoisotopic (exact) mass is 332 g/mol. The number of likely N-dealkylation sites (N-methyl/N-ethyl adjacent to an activating group) is 1. The number of nitrogens with zero attached hydrogens (tertiary/aromatic N) is 6. The molecule has 0 N–H and O–H groups in total. The van der Waals surface area contributed by atoms with Gasteiger partial charge in [-0.3, -0.25) is 9.97 Å². The normalized spacial score (nSPS) is 15.3. The van der Waals surface area contributed by atoms with Crippen LogP contribution in [0.5, 0.6) is 0 Å². The van der Waals surface area contributed by atoms with Crippen LogP contribution in [0.3, 0.4) is 0 Å². The molecule has 0 atom stereocenters. The van der Waals surface area contributed by atoms with Crippen LogP contribution in [-0.2, 0) is 0 Å². The topological polar surface area (TPSA) is 58.0 Å². The largest absolute Gasteiger partial charge is 0.338 e. The van der Waals surface area contributed by atoms with Crippen molar-refractivity contribution in [2.45, 2.75) is 0 Å². The van der Waals surface area contributed by atoms with Crippen LogP contribution in [0.1, 0.15) is 0 Å². The molecule has 4 heterocycles. The van der Waals surface area contributed by atoms with Crippen molar-refractivity contribution in [1.82, 2.24) is 24.8 Å². The number of anilines is 1. The second kappa shape index (κ2) is 6.94. The molecule has 0 amide bonds. The molecule has 1 aliphatic heterocycles. The van der Waals surface area contributed by atoms with Gasteiger partial charge in [-0.1, -0.05) is 0 Å². The van der Waals surface area contributed by atoms with Gasteiger partial charge in [0.15, 0.2) is 0 Å². The molecule has 1 saturated heterocycles. The van der Waals surface area contributed by atoms with Crippen molar-refractivity contribution in [3.63, 3.8) is 0 Å². The summed E-state index contributed by atoms with van der Waals surface area (Å²) in [7, 11) is 2.15. The fraction of sp³-hybridized carbons (Fsp3) is 0.263. The second-order valence-electron chi connectivity index (χ2n) is 6.20. The lowest BCUT2D eigenvalue weighted by Crippen LogP contribution is -2.45. The summed E-state index contributed by atoms with van der Waals surface area (Å²) in [6, 6.07) is 9.95. The predicted octanol–water partition coefficient (Wildman–Crippen LogP) is 2.35. The Balaban J connectivity index is 1.78. The third-order valence-corrected chi connectivity index (χ3v) is 4.45. The van der Waals surface area contributed by atoms with E-state index in [-0.39, 0.29) is 0 Å². The SMILES string of the molecule is CN1CCN(c2nc(-c3ccncc3)cc(-c3ccncc3)n2)CC1. The van der Waals surface area contributed by atoms with E-state index in [0.717, 1.165) is 54.6 Å². The van der Waals surface area contributed by atoms with Crippen molar-refractivity contribution in [2.75, 3.05) is 38.1 Å². The quantitative estimate of drug-likeness (QED) is 0.734. The van der Waals surface area contributed by atoms with Gasteiger partial charge in [0.25, 0.3) is 0 Å². The molecule has 0 aromatic carbocycles. The predicted molar refractivity (Wildman–Crippen MR) is 98.2 cm³/mol. The molecule has 0 spiro atoms. The Hall–Kier alpha value is -2.86. The summed E-state index contributed by atoms with van der Waals surface area (Å²) in [4.78, 5) is 22.5. The molecule has 4 rings (SSSR count). The maximum atomic E-state index is 4.83. The van der Waals surface area contributed by atoms with E-state index in [0.29, 0.717) is 0 Å². The van der Waals surface area contributed by atoms with E-state index in [1.165, 1.54) is 0 Å². The highest BCUT2D eigenvalue weighted by atomic mass is 15.3. The Morgan fingerprint density at radius 2 is 1.20 bits per heavy atom. The van der Waals surface area contributed by atoms with Crippen LogP contribution in [0, 0.1) is 0 Å². The molecule has 1 aliphatic rings. The van der Waals surface area contributed by atoms with Gasteiger partial charge in [-0.2, -0.15) is 0 Å². The minimum atomic E-state index is 0.786. The number of aromatic nitrogens is 4. The first-order valence-corrected chi connectivity index (χ1v) is 8.43. The van der Waals surface area contributed by atoms with Gasteiger partial charge in [-0.25, -0.2) is 9.97 Å². The van der Waals surface area contributed by atoms with E-state index in [1.807, 2.05) is 30.3 Å². The number of rotatable bonds is 3. The molecule has 25 heavy (non-hydrogen) atoms. The van der Waals surface area contributed by atoms with Crippen LogP contribution in [0.25, 0.3) is 22.5 Å². The number of piperazine rings is 1. The van der Waals surface area contributed by atoms with Gasteiger partial charge in [-0.05, 0) is 37.4 Å². The molecule has 0 saturated carbocycles. The summed E-state index contributed by atoms with van der Waals surface area (Å²) in [5, 5.41) is 0. The molecule has 3 aromatic rings. The number of pyridine rings is 2. The van der Waals surface area contributed by atoms with Crippen molar-refractivity contribution >= 4 is 5.95 Å². The van der Waals surface area contributed by atoms with Gasteiger partial charge >= 0.3 is 0 Å². The summed E-state index contributed by atoms with van der Waals surface area (Å²) in [5.41, 5.74) is 3.92. The zero-order chi connectivity index (χ0) is 17.1. The highest BCUT2D eigenvalue weighted by Crippen LogP contribution is 2.26. The van der Waals surface area contributed by atoms with Gasteiger partial charge < -0.3 is 9.80 Å². The molecule has 1 fully saturated rings. The van der Waals surface area contributed by atoms with Crippen molar-refractivity contribution in [1.29, 1.82) is 0 Å². The molecule has 126 valence electrons. The first-order chi connectivity index (χ1) is 12.3. The van der Waals surface area contributed by atoms with Crippen molar-refractivity contribution in [2.24, 2.45) is 0 Å². The summed E-state index contributed by atoms with van der Waals surface area (Å²) >= 11 is 0. The van der Waals surface area contributed by atoms with Crippen molar-refractivity contribution in [3.8, 4) is 22.5 Å². The van der Waals surface area contributed by atoms with E-state index in [2.05, 4.69) is 26.8 Å². The molecule has 6 nitrogen and oxygen atoms in total. The molecule has 6 heteroatoms. The Kier molecular flexibility index (Phi) is 4.35. The van der Waals surface area contributed by atoms with Gasteiger partial charge in [0.1, 0.15) is 0 Å². The standard InChI is InChI=1S/C19H20N6/c1-24-10-12-25(13-11-24)19-22-17(15-2-6-20-7-3-15)14-18(23-19)16-4-8-21-9-5-16/h2-9,14H,10-13H2,1H3. The van der Waals surface area contributed by atoms with Crippen molar-refractivity contribution in [3.05, 3.63) is 55.1 Å². The van der Waals surface area contributed by atoms with Gasteiger partial charge in [-0.15, -0.1) is 0 Å². The maximum Gasteiger partial charge on any atom is 0.226 e. The third-order valence-electron chi connectivity index (χ3n) is 4.45. The number of hydrogen-bond donors (Lipinski definition) is 0. The minimum Gasteiger partial charge on any atom is -0.338 e. The van der Waals surface area contributed by atoms with Gasteiger partial charge in [0.2, 0.25) is 5.95 Å². The zero-order valence-corrected chi connectivity index (χ0v) is 14.2. The zero-order valence-electron chi connectivity index (χ0n) is 14.2. The second-order valence-corrected chi connectivity index (χ2v) is 6.20. The molecule has 0 unspecified atom stereocenters. The minimum absolute atomic E-state index is 0.786. The fourth-order valence-corrected chi connectivity index (χ4v) is 2.92. The smallest absolute Gasteiger partial charge is 0.226 e. The Labute approximate surface area is 147 Å². The van der Waals surface area contributed by atoms with E-state index in [1.54, 1.807) is 24.8 Å². The van der Waals surface area contributed by atoms with Gasteiger partial charge in [0, 0.05) is 62.1 Å². The molecule has 0 radical (unpaired) electrons. The molecule has 0 bridgehead atoms. The lowest BCUT2D eigenvalue weighted by atomic mass is 10.1. The summed E-state index contributed by atoms with van der Waals surface area (Å²) in [5.74, 6) is 0.786. The highest BCUT2D eigenvalue weighted by molar-refractivity contribution is 5.69. The van der Waals surface area contributed by atoms with E-state index in [4.69, 9.17) is 9.97 Å². The van der Waals surface area contributed by atoms with E-state index in [9.17, 15) is 0 Å². The summed E-state index contributed by atoms with van der Waals surface area (Å²) in [6.45, 7) is 3.92. The lowest BCUT2D eigenvalue weighted by Gasteiger charge is -2.32. The van der Waals surface area contributed by atoms with Crippen LogP contribution in [0.4, 0.5) is 5.95 Å². The molecular formula is C19H20N6. The van der Waals surface area contributed by atoms with Gasteiger partial charge in [0.05, 0.1) is 11.4 Å². The average molecular weight is 332 g/mol. The van der Waals surface area contributed by atoms with Crippen LogP contribution >= 0.6 is 0 Å². The average Bonchev–Trinajstić information content (AvgIpc) is 2.69. The first kappa shape index (κ1) is 15.7. The Morgan fingerprint density at radius 3 is 1.68 bits per heavy atom. The third kappa shape index (κ3) is 3.49. The summed E-state index contributed by atoms with van der Waals surface area (Å²) in [6.07, 6.45) is 7.16. The molecule has 0 aliphatic carbocycles. The Bertz CT molecular complexity index is 771. The number of hydrogen-bond acceptors (Lipinski definition) is 6. The van der Waals surface area contributed by atoms with Crippen LogP contribution < -0.4 is 4.90 Å². The molecule has 3 aromatic heterocycles. The fourth-order valence-electron chi connectivity index (χ4n) is 2.92. The van der Waals surface area contributed by atoms with Crippen molar-refractivity contribution < 1.29 is 0 Å². The van der Waals surface area contributed by atoms with Crippen LogP contribution in [0.15, 0.2) is 55.1 Å².